The van der Waals surface area contributed by atoms with Gasteiger partial charge < -0.3 is 9.84 Å². The van der Waals surface area contributed by atoms with Crippen LogP contribution in [-0.4, -0.2) is 23.8 Å². The molecule has 0 aliphatic carbocycles. The highest BCUT2D eigenvalue weighted by Gasteiger charge is 2.22. The zero-order valence-corrected chi connectivity index (χ0v) is 17.4. The summed E-state index contributed by atoms with van der Waals surface area (Å²) < 4.78 is 6.08. The maximum absolute atomic E-state index is 12.1. The molecule has 0 heterocycles. The molecule has 0 spiro atoms. The quantitative estimate of drug-likeness (QED) is 0.158. The minimum absolute atomic E-state index is 0.350. The Hall–Kier alpha value is -0.100. The normalized spacial score (nSPS) is 13.6. The standard InChI is InChI=1S/C19H35IO3/c1-4-7-8-9-10-11-12-13-15-16(20)18(17(21)14-5-2)19(22)23-6-3/h17,21H,4-15H2,1-3H3. The minimum atomic E-state index is -0.694. The summed E-state index contributed by atoms with van der Waals surface area (Å²) in [5, 5.41) is 10.2. The molecule has 0 amide bonds. The van der Waals surface area contributed by atoms with Crippen LogP contribution in [0.1, 0.15) is 91.4 Å². The highest BCUT2D eigenvalue weighted by molar-refractivity contribution is 14.1. The summed E-state index contributed by atoms with van der Waals surface area (Å²) in [7, 11) is 0. The largest absolute Gasteiger partial charge is 0.463 e. The molecule has 0 aliphatic heterocycles. The van der Waals surface area contributed by atoms with Crippen LogP contribution in [0.15, 0.2) is 9.15 Å². The van der Waals surface area contributed by atoms with Gasteiger partial charge in [0.15, 0.2) is 0 Å². The number of aliphatic hydroxyl groups is 1. The van der Waals surface area contributed by atoms with Crippen molar-refractivity contribution in [3.05, 3.63) is 9.15 Å². The van der Waals surface area contributed by atoms with Crippen LogP contribution in [0.5, 0.6) is 0 Å². The first-order valence-corrected chi connectivity index (χ1v) is 10.4. The van der Waals surface area contributed by atoms with Crippen molar-refractivity contribution in [2.45, 2.75) is 97.5 Å². The van der Waals surface area contributed by atoms with Crippen LogP contribution in [0.2, 0.25) is 0 Å². The van der Waals surface area contributed by atoms with Crippen LogP contribution in [-0.2, 0) is 9.53 Å². The first kappa shape index (κ1) is 22.9. The molecular formula is C19H35IO3. The Labute approximate surface area is 156 Å². The zero-order chi connectivity index (χ0) is 17.5. The van der Waals surface area contributed by atoms with E-state index in [1.165, 1.54) is 44.9 Å². The summed E-state index contributed by atoms with van der Waals surface area (Å²) in [5.74, 6) is -0.350. The predicted molar refractivity (Wildman–Crippen MR) is 106 cm³/mol. The Balaban J connectivity index is 4.29. The van der Waals surface area contributed by atoms with Gasteiger partial charge in [0.1, 0.15) is 0 Å². The molecule has 0 aromatic rings. The van der Waals surface area contributed by atoms with Crippen molar-refractivity contribution in [1.82, 2.24) is 0 Å². The van der Waals surface area contributed by atoms with E-state index < -0.39 is 6.10 Å². The molecule has 0 aromatic carbocycles. The second-order valence-electron chi connectivity index (χ2n) is 6.07. The lowest BCUT2D eigenvalue weighted by Crippen LogP contribution is -2.21. The number of aliphatic hydroxyl groups excluding tert-OH is 1. The van der Waals surface area contributed by atoms with Crippen LogP contribution in [0, 0.1) is 0 Å². The smallest absolute Gasteiger partial charge is 0.337 e. The molecule has 0 aliphatic rings. The number of hydrogen-bond donors (Lipinski definition) is 1. The number of hydrogen-bond acceptors (Lipinski definition) is 3. The SMILES string of the molecule is CCCCCCCCCCC(I)=C(C(=O)OCC)C(O)CCC. The fourth-order valence-corrected chi connectivity index (χ4v) is 3.56. The molecule has 0 saturated carbocycles. The van der Waals surface area contributed by atoms with E-state index in [1.54, 1.807) is 6.92 Å². The Kier molecular flexibility index (Phi) is 15.4. The van der Waals surface area contributed by atoms with Gasteiger partial charge in [-0.1, -0.05) is 65.2 Å². The number of ether oxygens (including phenoxy) is 1. The van der Waals surface area contributed by atoms with Gasteiger partial charge in [-0.15, -0.1) is 0 Å². The van der Waals surface area contributed by atoms with Crippen LogP contribution >= 0.6 is 22.6 Å². The minimum Gasteiger partial charge on any atom is -0.463 e. The number of carbonyl (C=O) groups excluding carboxylic acids is 1. The van der Waals surface area contributed by atoms with E-state index in [1.807, 2.05) is 6.92 Å². The van der Waals surface area contributed by atoms with Gasteiger partial charge in [0, 0.05) is 3.58 Å². The summed E-state index contributed by atoms with van der Waals surface area (Å²) in [5.41, 5.74) is 0.484. The molecule has 0 radical (unpaired) electrons. The van der Waals surface area contributed by atoms with Crippen molar-refractivity contribution >= 4 is 28.6 Å². The average molecular weight is 438 g/mol. The summed E-state index contributed by atoms with van der Waals surface area (Å²) in [6.07, 6.45) is 11.8. The van der Waals surface area contributed by atoms with Gasteiger partial charge in [0.25, 0.3) is 0 Å². The second kappa shape index (κ2) is 15.4. The third-order valence-corrected chi connectivity index (χ3v) is 5.05. The number of esters is 1. The molecule has 136 valence electrons. The van der Waals surface area contributed by atoms with Gasteiger partial charge in [-0.2, -0.15) is 0 Å². The van der Waals surface area contributed by atoms with Crippen LogP contribution in [0.25, 0.3) is 0 Å². The summed E-state index contributed by atoms with van der Waals surface area (Å²) >= 11 is 2.21. The first-order chi connectivity index (χ1) is 11.1. The Morgan fingerprint density at radius 2 is 1.52 bits per heavy atom. The average Bonchev–Trinajstić information content (AvgIpc) is 2.50. The van der Waals surface area contributed by atoms with Gasteiger partial charge in [-0.3, -0.25) is 0 Å². The molecule has 0 rings (SSSR count). The fourth-order valence-electron chi connectivity index (χ4n) is 2.60. The predicted octanol–water partition coefficient (Wildman–Crippen LogP) is 5.93. The molecule has 0 aromatic heterocycles. The number of rotatable bonds is 14. The van der Waals surface area contributed by atoms with E-state index in [2.05, 4.69) is 29.5 Å². The van der Waals surface area contributed by atoms with Gasteiger partial charge >= 0.3 is 5.97 Å². The number of halogens is 1. The van der Waals surface area contributed by atoms with E-state index in [9.17, 15) is 9.90 Å². The van der Waals surface area contributed by atoms with Crippen LogP contribution in [0.3, 0.4) is 0 Å². The lowest BCUT2D eigenvalue weighted by Gasteiger charge is -2.16. The monoisotopic (exact) mass is 438 g/mol. The van der Waals surface area contributed by atoms with Gasteiger partial charge in [-0.05, 0) is 48.8 Å². The molecule has 0 fully saturated rings. The molecule has 1 unspecified atom stereocenters. The third-order valence-electron chi connectivity index (χ3n) is 3.93. The van der Waals surface area contributed by atoms with E-state index in [0.717, 1.165) is 22.8 Å². The molecule has 1 N–H and O–H groups in total. The van der Waals surface area contributed by atoms with E-state index in [-0.39, 0.29) is 5.97 Å². The molecule has 0 bridgehead atoms. The molecular weight excluding hydrogens is 403 g/mol. The van der Waals surface area contributed by atoms with Gasteiger partial charge in [-0.25, -0.2) is 4.79 Å². The van der Waals surface area contributed by atoms with E-state index >= 15 is 0 Å². The van der Waals surface area contributed by atoms with E-state index in [0.29, 0.717) is 18.6 Å². The van der Waals surface area contributed by atoms with Crippen molar-refractivity contribution in [2.75, 3.05) is 6.61 Å². The van der Waals surface area contributed by atoms with Crippen LogP contribution in [0.4, 0.5) is 0 Å². The fraction of sp³-hybridized carbons (Fsp3) is 0.842. The van der Waals surface area contributed by atoms with Crippen molar-refractivity contribution in [3.8, 4) is 0 Å². The van der Waals surface area contributed by atoms with E-state index in [4.69, 9.17) is 4.74 Å². The molecule has 3 nitrogen and oxygen atoms in total. The van der Waals surface area contributed by atoms with Crippen molar-refractivity contribution in [1.29, 1.82) is 0 Å². The topological polar surface area (TPSA) is 46.5 Å². The maximum Gasteiger partial charge on any atom is 0.337 e. The van der Waals surface area contributed by atoms with Crippen molar-refractivity contribution in [3.63, 3.8) is 0 Å². The highest BCUT2D eigenvalue weighted by Crippen LogP contribution is 2.26. The summed E-state index contributed by atoms with van der Waals surface area (Å²) in [4.78, 5) is 12.1. The third kappa shape index (κ3) is 11.1. The zero-order valence-electron chi connectivity index (χ0n) is 15.2. The summed E-state index contributed by atoms with van der Waals surface area (Å²) in [6.45, 7) is 6.40. The molecule has 1 atom stereocenters. The second-order valence-corrected chi connectivity index (χ2v) is 7.37. The first-order valence-electron chi connectivity index (χ1n) is 9.32. The lowest BCUT2D eigenvalue weighted by molar-refractivity contribution is -0.139. The van der Waals surface area contributed by atoms with Gasteiger partial charge in [0.05, 0.1) is 18.3 Å². The van der Waals surface area contributed by atoms with Crippen molar-refractivity contribution in [2.24, 2.45) is 0 Å². The Morgan fingerprint density at radius 1 is 0.957 bits per heavy atom. The number of unbranched alkanes of at least 4 members (excludes halogenated alkanes) is 7. The Morgan fingerprint density at radius 3 is 2.04 bits per heavy atom. The van der Waals surface area contributed by atoms with Gasteiger partial charge in [0.2, 0.25) is 0 Å². The van der Waals surface area contributed by atoms with Crippen LogP contribution < -0.4 is 0 Å². The molecule has 0 saturated heterocycles. The maximum atomic E-state index is 12.1. The lowest BCUT2D eigenvalue weighted by atomic mass is 10.0. The number of allylic oxidation sites excluding steroid dienone is 1. The number of carbonyl (C=O) groups is 1. The van der Waals surface area contributed by atoms with Crippen molar-refractivity contribution < 1.29 is 14.6 Å². The Bertz CT molecular complexity index is 340. The molecule has 23 heavy (non-hydrogen) atoms. The highest BCUT2D eigenvalue weighted by atomic mass is 127. The molecule has 4 heteroatoms. The summed E-state index contributed by atoms with van der Waals surface area (Å²) in [6, 6.07) is 0.